The van der Waals surface area contributed by atoms with Gasteiger partial charge in [0.1, 0.15) is 5.69 Å². The molecule has 0 aliphatic heterocycles. The molecule has 0 amide bonds. The first-order valence-corrected chi connectivity index (χ1v) is 7.44. The fourth-order valence-electron chi connectivity index (χ4n) is 2.46. The van der Waals surface area contributed by atoms with E-state index in [9.17, 15) is 9.90 Å². The molecule has 0 atom stereocenters. The molecule has 1 heterocycles. The van der Waals surface area contributed by atoms with E-state index in [0.29, 0.717) is 12.2 Å². The van der Waals surface area contributed by atoms with Crippen LogP contribution >= 0.6 is 0 Å². The van der Waals surface area contributed by atoms with Crippen molar-refractivity contribution in [2.45, 2.75) is 20.4 Å². The van der Waals surface area contributed by atoms with E-state index in [0.717, 1.165) is 16.7 Å². The van der Waals surface area contributed by atoms with Gasteiger partial charge < -0.3 is 9.90 Å². The summed E-state index contributed by atoms with van der Waals surface area (Å²) in [5.74, 6) is -1.21. The van der Waals surface area contributed by atoms with Gasteiger partial charge in [-0.1, -0.05) is 59.7 Å². The Bertz CT molecular complexity index is 831. The van der Waals surface area contributed by atoms with E-state index >= 15 is 0 Å². The van der Waals surface area contributed by atoms with Crippen molar-refractivity contribution in [3.8, 4) is 11.3 Å². The van der Waals surface area contributed by atoms with Gasteiger partial charge >= 0.3 is 0 Å². The minimum absolute atomic E-state index is 0.112. The van der Waals surface area contributed by atoms with E-state index in [1.165, 1.54) is 11.8 Å². The van der Waals surface area contributed by atoms with Crippen LogP contribution in [0.1, 0.15) is 27.0 Å². The summed E-state index contributed by atoms with van der Waals surface area (Å²) in [6.07, 6.45) is 1.53. The fraction of sp³-hybridized carbons (Fsp3) is 0.158. The molecule has 116 valence electrons. The Morgan fingerprint density at radius 1 is 1.00 bits per heavy atom. The fourth-order valence-corrected chi connectivity index (χ4v) is 2.46. The average Bonchev–Trinajstić information content (AvgIpc) is 2.94. The quantitative estimate of drug-likeness (QED) is 0.744. The molecular formula is C19H17N2O2-. The number of hydrogen-bond acceptors (Lipinski definition) is 3. The third kappa shape index (κ3) is 3.31. The van der Waals surface area contributed by atoms with Gasteiger partial charge in [-0.2, -0.15) is 5.10 Å². The van der Waals surface area contributed by atoms with Crippen LogP contribution in [-0.4, -0.2) is 15.7 Å². The van der Waals surface area contributed by atoms with Crippen LogP contribution in [0.3, 0.4) is 0 Å². The molecule has 3 rings (SSSR count). The van der Waals surface area contributed by atoms with Crippen molar-refractivity contribution in [1.82, 2.24) is 9.78 Å². The summed E-state index contributed by atoms with van der Waals surface area (Å²) in [7, 11) is 0. The third-order valence-electron chi connectivity index (χ3n) is 3.77. The van der Waals surface area contributed by atoms with Crippen molar-refractivity contribution in [3.05, 3.63) is 77.0 Å². The first-order valence-electron chi connectivity index (χ1n) is 7.44. The summed E-state index contributed by atoms with van der Waals surface area (Å²) in [6, 6.07) is 15.7. The highest BCUT2D eigenvalue weighted by Gasteiger charge is 2.12. The van der Waals surface area contributed by atoms with E-state index in [1.807, 2.05) is 62.4 Å². The van der Waals surface area contributed by atoms with Crippen LogP contribution in [0.2, 0.25) is 0 Å². The molecule has 2 aromatic carbocycles. The first kappa shape index (κ1) is 15.0. The second-order valence-corrected chi connectivity index (χ2v) is 5.73. The van der Waals surface area contributed by atoms with Crippen LogP contribution in [0.15, 0.2) is 54.7 Å². The lowest BCUT2D eigenvalue weighted by Gasteiger charge is -2.03. The summed E-state index contributed by atoms with van der Waals surface area (Å²) < 4.78 is 1.64. The zero-order chi connectivity index (χ0) is 16.4. The summed E-state index contributed by atoms with van der Waals surface area (Å²) in [4.78, 5) is 11.4. The highest BCUT2D eigenvalue weighted by molar-refractivity contribution is 5.93. The molecule has 0 bridgehead atoms. The van der Waals surface area contributed by atoms with Crippen LogP contribution in [0, 0.1) is 13.8 Å². The summed E-state index contributed by atoms with van der Waals surface area (Å²) in [6.45, 7) is 4.53. The van der Waals surface area contributed by atoms with E-state index in [-0.39, 0.29) is 5.56 Å². The van der Waals surface area contributed by atoms with Gasteiger partial charge in [-0.15, -0.1) is 0 Å². The average molecular weight is 305 g/mol. The lowest BCUT2D eigenvalue weighted by atomic mass is 10.1. The molecule has 0 saturated heterocycles. The summed E-state index contributed by atoms with van der Waals surface area (Å²) in [5.41, 5.74) is 4.70. The number of hydrogen-bond donors (Lipinski definition) is 0. The molecule has 0 N–H and O–H groups in total. The maximum absolute atomic E-state index is 11.4. The van der Waals surface area contributed by atoms with E-state index < -0.39 is 5.97 Å². The maximum atomic E-state index is 11.4. The molecule has 23 heavy (non-hydrogen) atoms. The first-order chi connectivity index (χ1) is 11.0. The number of nitrogens with zero attached hydrogens (tertiary/aromatic N) is 2. The highest BCUT2D eigenvalue weighted by Crippen LogP contribution is 2.22. The molecule has 0 fully saturated rings. The second kappa shape index (κ2) is 6.08. The zero-order valence-corrected chi connectivity index (χ0v) is 13.1. The molecule has 0 aliphatic rings. The predicted molar refractivity (Wildman–Crippen MR) is 87.0 cm³/mol. The molecule has 4 nitrogen and oxygen atoms in total. The monoisotopic (exact) mass is 305 g/mol. The molecule has 0 aliphatic carbocycles. The Balaban J connectivity index is 1.96. The Hall–Kier alpha value is -2.88. The Kier molecular flexibility index (Phi) is 3.98. The van der Waals surface area contributed by atoms with Crippen molar-refractivity contribution < 1.29 is 9.90 Å². The SMILES string of the molecule is Cc1ccc(Cn2cc(C(=O)[O-])c(-c3ccc(C)cc3)n2)cc1. The van der Waals surface area contributed by atoms with Gasteiger partial charge in [0, 0.05) is 17.3 Å². The number of aromatic carboxylic acids is 1. The number of carbonyl (C=O) groups is 1. The van der Waals surface area contributed by atoms with Gasteiger partial charge in [0.05, 0.1) is 12.5 Å². The Labute approximate surface area is 135 Å². The van der Waals surface area contributed by atoms with E-state index in [2.05, 4.69) is 5.10 Å². The number of aromatic nitrogens is 2. The Morgan fingerprint density at radius 2 is 1.57 bits per heavy atom. The minimum Gasteiger partial charge on any atom is -0.545 e. The standard InChI is InChI=1S/C19H18N2O2/c1-13-3-7-15(8-4-13)11-21-12-17(19(22)23)18(20-21)16-9-5-14(2)6-10-16/h3-10,12H,11H2,1-2H3,(H,22,23)/p-1. The van der Waals surface area contributed by atoms with Gasteiger partial charge in [-0.05, 0) is 19.4 Å². The van der Waals surface area contributed by atoms with Gasteiger partial charge in [0.2, 0.25) is 0 Å². The number of carboxylic acids is 1. The van der Waals surface area contributed by atoms with Crippen LogP contribution < -0.4 is 5.11 Å². The number of aryl methyl sites for hydroxylation is 2. The maximum Gasteiger partial charge on any atom is 0.101 e. The normalized spacial score (nSPS) is 10.7. The van der Waals surface area contributed by atoms with Gasteiger partial charge in [0.25, 0.3) is 0 Å². The number of carboxylic acid groups (broad SMARTS) is 1. The van der Waals surface area contributed by atoms with Crippen LogP contribution in [0.4, 0.5) is 0 Å². The van der Waals surface area contributed by atoms with Crippen molar-refractivity contribution in [1.29, 1.82) is 0 Å². The van der Waals surface area contributed by atoms with E-state index in [1.54, 1.807) is 4.68 Å². The molecule has 4 heteroatoms. The number of benzene rings is 2. The lowest BCUT2D eigenvalue weighted by Crippen LogP contribution is -2.22. The highest BCUT2D eigenvalue weighted by atomic mass is 16.4. The topological polar surface area (TPSA) is 58.0 Å². The summed E-state index contributed by atoms with van der Waals surface area (Å²) in [5, 5.41) is 15.9. The van der Waals surface area contributed by atoms with E-state index in [4.69, 9.17) is 0 Å². The van der Waals surface area contributed by atoms with Crippen molar-refractivity contribution in [3.63, 3.8) is 0 Å². The molecule has 0 radical (unpaired) electrons. The van der Waals surface area contributed by atoms with Crippen molar-refractivity contribution in [2.75, 3.05) is 0 Å². The summed E-state index contributed by atoms with van der Waals surface area (Å²) >= 11 is 0. The lowest BCUT2D eigenvalue weighted by molar-refractivity contribution is -0.254. The Morgan fingerprint density at radius 3 is 2.13 bits per heavy atom. The smallest absolute Gasteiger partial charge is 0.101 e. The van der Waals surface area contributed by atoms with Crippen LogP contribution in [-0.2, 0) is 6.54 Å². The molecule has 0 spiro atoms. The molecular weight excluding hydrogens is 288 g/mol. The van der Waals surface area contributed by atoms with Crippen LogP contribution in [0.25, 0.3) is 11.3 Å². The number of carbonyl (C=O) groups excluding carboxylic acids is 1. The van der Waals surface area contributed by atoms with Crippen molar-refractivity contribution >= 4 is 5.97 Å². The predicted octanol–water partition coefficient (Wildman–Crippen LogP) is 2.58. The minimum atomic E-state index is -1.21. The molecule has 0 saturated carbocycles. The van der Waals surface area contributed by atoms with Gasteiger partial charge in [-0.3, -0.25) is 4.68 Å². The van der Waals surface area contributed by atoms with Crippen LogP contribution in [0.5, 0.6) is 0 Å². The molecule has 0 unspecified atom stereocenters. The second-order valence-electron chi connectivity index (χ2n) is 5.73. The molecule has 1 aromatic heterocycles. The third-order valence-corrected chi connectivity index (χ3v) is 3.77. The zero-order valence-electron chi connectivity index (χ0n) is 13.1. The number of rotatable bonds is 4. The van der Waals surface area contributed by atoms with Crippen molar-refractivity contribution in [2.24, 2.45) is 0 Å². The largest absolute Gasteiger partial charge is 0.545 e. The van der Waals surface area contributed by atoms with Gasteiger partial charge in [-0.25, -0.2) is 0 Å². The molecule has 3 aromatic rings. The van der Waals surface area contributed by atoms with Gasteiger partial charge in [0.15, 0.2) is 0 Å².